The molecule has 4 aliphatic rings. The molecule has 4 rings (SSSR count). The highest BCUT2D eigenvalue weighted by atomic mass is 35.5. The Morgan fingerprint density at radius 1 is 1.17 bits per heavy atom. The van der Waals surface area contributed by atoms with Crippen LogP contribution in [0.3, 0.4) is 0 Å². The first-order valence-corrected chi connectivity index (χ1v) is 11.0. The van der Waals surface area contributed by atoms with Crippen LogP contribution >= 0.6 is 12.4 Å². The Kier molecular flexibility index (Phi) is 6.25. The lowest BCUT2D eigenvalue weighted by Gasteiger charge is -2.57. The number of hydrogen-bond donors (Lipinski definition) is 2. The van der Waals surface area contributed by atoms with Crippen molar-refractivity contribution in [3.63, 3.8) is 0 Å². The zero-order valence-electron chi connectivity index (χ0n) is 14.5. The molecule has 0 heterocycles. The van der Waals surface area contributed by atoms with Crippen LogP contribution in [-0.2, 0) is 14.6 Å². The number of nitrogens with two attached hydrogens (primary N) is 1. The first kappa shape index (κ1) is 20.0. The average Bonchev–Trinajstić information content (AvgIpc) is 2.42. The van der Waals surface area contributed by atoms with Crippen molar-refractivity contribution in [3.8, 4) is 0 Å². The van der Waals surface area contributed by atoms with E-state index in [4.69, 9.17) is 5.73 Å². The Hall–Kier alpha value is -0.330. The van der Waals surface area contributed by atoms with Gasteiger partial charge in [-0.2, -0.15) is 0 Å². The van der Waals surface area contributed by atoms with E-state index in [9.17, 15) is 13.2 Å². The molecule has 7 heteroatoms. The molecule has 0 saturated heterocycles. The van der Waals surface area contributed by atoms with Crippen molar-refractivity contribution in [3.05, 3.63) is 0 Å². The minimum atomic E-state index is -3.06. The van der Waals surface area contributed by atoms with Crippen LogP contribution in [0, 0.1) is 23.2 Å². The van der Waals surface area contributed by atoms with E-state index in [1.54, 1.807) is 0 Å². The van der Waals surface area contributed by atoms with Crippen molar-refractivity contribution in [1.29, 1.82) is 0 Å². The molecular formula is C17H31ClN2O3S. The van der Waals surface area contributed by atoms with Crippen LogP contribution in [-0.4, -0.2) is 38.9 Å². The quantitative estimate of drug-likeness (QED) is 0.707. The third-order valence-corrected chi connectivity index (χ3v) is 7.23. The van der Waals surface area contributed by atoms with E-state index >= 15 is 0 Å². The number of sulfone groups is 1. The largest absolute Gasteiger partial charge is 0.355 e. The van der Waals surface area contributed by atoms with Gasteiger partial charge in [0.05, 0.1) is 11.8 Å². The van der Waals surface area contributed by atoms with Crippen molar-refractivity contribution in [2.75, 3.05) is 18.6 Å². The van der Waals surface area contributed by atoms with Crippen molar-refractivity contribution in [1.82, 2.24) is 5.32 Å². The summed E-state index contributed by atoms with van der Waals surface area (Å²) in [6, 6.07) is -0.721. The first-order valence-electron chi connectivity index (χ1n) is 8.96. The lowest BCUT2D eigenvalue weighted by Crippen LogP contribution is -2.48. The Morgan fingerprint density at radius 2 is 1.67 bits per heavy atom. The Balaban J connectivity index is 0.00000208. The maximum absolute atomic E-state index is 12.0. The second-order valence-electron chi connectivity index (χ2n) is 8.48. The first-order chi connectivity index (χ1) is 10.7. The predicted molar refractivity (Wildman–Crippen MR) is 97.8 cm³/mol. The molecule has 0 aromatic carbocycles. The molecule has 4 bridgehead atoms. The van der Waals surface area contributed by atoms with Crippen molar-refractivity contribution < 1.29 is 13.2 Å². The predicted octanol–water partition coefficient (Wildman–Crippen LogP) is 1.89. The molecule has 4 fully saturated rings. The van der Waals surface area contributed by atoms with E-state index in [1.165, 1.54) is 44.8 Å². The van der Waals surface area contributed by atoms with Gasteiger partial charge in [-0.3, -0.25) is 4.79 Å². The summed E-state index contributed by atoms with van der Waals surface area (Å²) in [5, 5.41) is 2.93. The highest BCUT2D eigenvalue weighted by Gasteiger charge is 2.50. The van der Waals surface area contributed by atoms with Gasteiger partial charge in [0, 0.05) is 12.8 Å². The molecule has 5 nitrogen and oxygen atoms in total. The zero-order chi connectivity index (χ0) is 16.7. The Morgan fingerprint density at radius 3 is 2.12 bits per heavy atom. The maximum atomic E-state index is 12.0. The molecule has 4 saturated carbocycles. The fraction of sp³-hybridized carbons (Fsp3) is 0.941. The van der Waals surface area contributed by atoms with Gasteiger partial charge in [-0.25, -0.2) is 8.42 Å². The number of nitrogens with one attached hydrogen (secondary N) is 1. The monoisotopic (exact) mass is 378 g/mol. The molecule has 4 aliphatic carbocycles. The molecule has 0 spiro atoms. The summed E-state index contributed by atoms with van der Waals surface area (Å²) >= 11 is 0. The van der Waals surface area contributed by atoms with Gasteiger partial charge in [0.15, 0.2) is 0 Å². The molecule has 1 atom stereocenters. The number of hydrogen-bond acceptors (Lipinski definition) is 4. The lowest BCUT2D eigenvalue weighted by atomic mass is 9.49. The van der Waals surface area contributed by atoms with Crippen LogP contribution in [0.15, 0.2) is 0 Å². The fourth-order valence-electron chi connectivity index (χ4n) is 5.65. The smallest absolute Gasteiger partial charge is 0.236 e. The van der Waals surface area contributed by atoms with Crippen molar-refractivity contribution in [2.45, 2.75) is 57.4 Å². The van der Waals surface area contributed by atoms with Gasteiger partial charge < -0.3 is 11.1 Å². The Bertz CT molecular complexity index is 529. The zero-order valence-corrected chi connectivity index (χ0v) is 16.1. The molecule has 140 valence electrons. The Labute approximate surface area is 151 Å². The maximum Gasteiger partial charge on any atom is 0.236 e. The summed E-state index contributed by atoms with van der Waals surface area (Å²) in [5.74, 6) is 2.53. The number of amides is 1. The van der Waals surface area contributed by atoms with Gasteiger partial charge in [-0.05, 0) is 74.5 Å². The van der Waals surface area contributed by atoms with E-state index in [0.29, 0.717) is 12.0 Å². The molecule has 0 aromatic heterocycles. The van der Waals surface area contributed by atoms with Gasteiger partial charge in [0.25, 0.3) is 0 Å². The van der Waals surface area contributed by atoms with E-state index in [1.807, 2.05) is 0 Å². The van der Waals surface area contributed by atoms with Crippen LogP contribution in [0.25, 0.3) is 0 Å². The van der Waals surface area contributed by atoms with Gasteiger partial charge >= 0.3 is 0 Å². The lowest BCUT2D eigenvalue weighted by molar-refractivity contribution is -0.122. The van der Waals surface area contributed by atoms with Crippen LogP contribution in [0.2, 0.25) is 0 Å². The van der Waals surface area contributed by atoms with E-state index in [2.05, 4.69) is 5.32 Å². The average molecular weight is 379 g/mol. The third-order valence-electron chi connectivity index (χ3n) is 6.26. The summed E-state index contributed by atoms with van der Waals surface area (Å²) in [6.45, 7) is 0.678. The fourth-order valence-corrected chi connectivity index (χ4v) is 6.33. The third kappa shape index (κ3) is 4.85. The van der Waals surface area contributed by atoms with Gasteiger partial charge in [-0.15, -0.1) is 12.4 Å². The van der Waals surface area contributed by atoms with Crippen LogP contribution in [0.1, 0.15) is 51.4 Å². The summed E-state index contributed by atoms with van der Waals surface area (Å²) in [7, 11) is -3.06. The van der Waals surface area contributed by atoms with Crippen LogP contribution < -0.4 is 11.1 Å². The molecule has 0 aliphatic heterocycles. The van der Waals surface area contributed by atoms with E-state index in [-0.39, 0.29) is 30.5 Å². The second kappa shape index (κ2) is 7.50. The summed E-state index contributed by atoms with van der Waals surface area (Å²) in [6.07, 6.45) is 10.7. The molecule has 3 N–H and O–H groups in total. The summed E-state index contributed by atoms with van der Waals surface area (Å²) in [5.41, 5.74) is 6.25. The summed E-state index contributed by atoms with van der Waals surface area (Å²) < 4.78 is 22.3. The number of carbonyl (C=O) groups is 1. The molecule has 1 amide bonds. The van der Waals surface area contributed by atoms with E-state index < -0.39 is 15.9 Å². The SMILES string of the molecule is CS(=O)(=O)CCC(N)C(=O)NCCC12CC3CC(CC(C3)C1)C2.Cl. The molecule has 1 unspecified atom stereocenters. The van der Waals surface area contributed by atoms with Gasteiger partial charge in [0.1, 0.15) is 9.84 Å². The van der Waals surface area contributed by atoms with Crippen molar-refractivity contribution in [2.24, 2.45) is 28.9 Å². The molecule has 0 radical (unpaired) electrons. The van der Waals surface area contributed by atoms with Gasteiger partial charge in [0.2, 0.25) is 5.91 Å². The number of carbonyl (C=O) groups excluding carboxylic acids is 1. The second-order valence-corrected chi connectivity index (χ2v) is 10.7. The molecular weight excluding hydrogens is 348 g/mol. The number of halogens is 1. The molecule has 0 aromatic rings. The normalized spacial score (nSPS) is 35.3. The standard InChI is InChI=1S/C17H30N2O3S.ClH/c1-23(21,22)5-2-15(18)16(20)19-4-3-17-9-12-6-13(10-17)8-14(7-12)11-17;/h12-15H,2-11,18H2,1H3,(H,19,20);1H. The van der Waals surface area contributed by atoms with Gasteiger partial charge in [-0.1, -0.05) is 0 Å². The highest BCUT2D eigenvalue weighted by Crippen LogP contribution is 2.61. The minimum Gasteiger partial charge on any atom is -0.355 e. The molecule has 24 heavy (non-hydrogen) atoms. The topological polar surface area (TPSA) is 89.3 Å². The highest BCUT2D eigenvalue weighted by molar-refractivity contribution is 7.90. The van der Waals surface area contributed by atoms with Crippen LogP contribution in [0.5, 0.6) is 0 Å². The van der Waals surface area contributed by atoms with E-state index in [0.717, 1.165) is 24.2 Å². The number of rotatable bonds is 7. The van der Waals surface area contributed by atoms with Crippen molar-refractivity contribution >= 4 is 28.2 Å². The minimum absolute atomic E-state index is 0. The summed E-state index contributed by atoms with van der Waals surface area (Å²) in [4.78, 5) is 12.0. The van der Waals surface area contributed by atoms with Crippen LogP contribution in [0.4, 0.5) is 0 Å².